The standard InChI is InChI=1S/C8H17NO3S/c1-2-8(10)4-6-9-5-3-7-13(9,11)12/h8,10H,2-7H2,1H3. The van der Waals surface area contributed by atoms with Gasteiger partial charge in [0.2, 0.25) is 10.0 Å². The van der Waals surface area contributed by atoms with Gasteiger partial charge in [-0.05, 0) is 19.3 Å². The molecule has 1 fully saturated rings. The van der Waals surface area contributed by atoms with Gasteiger partial charge < -0.3 is 5.11 Å². The maximum absolute atomic E-state index is 11.3. The molecule has 1 heterocycles. The molecule has 1 unspecified atom stereocenters. The van der Waals surface area contributed by atoms with Gasteiger partial charge in [0.1, 0.15) is 0 Å². The van der Waals surface area contributed by atoms with Crippen LogP contribution in [-0.4, -0.2) is 42.8 Å². The highest BCUT2D eigenvalue weighted by molar-refractivity contribution is 7.89. The Hall–Kier alpha value is -0.130. The van der Waals surface area contributed by atoms with Crippen LogP contribution < -0.4 is 0 Å². The zero-order valence-corrected chi connectivity index (χ0v) is 8.76. The van der Waals surface area contributed by atoms with Crippen molar-refractivity contribution in [2.24, 2.45) is 0 Å². The highest BCUT2D eigenvalue weighted by Gasteiger charge is 2.27. The molecular formula is C8H17NO3S. The maximum atomic E-state index is 11.3. The van der Waals surface area contributed by atoms with E-state index in [1.165, 1.54) is 4.31 Å². The van der Waals surface area contributed by atoms with Crippen molar-refractivity contribution in [1.82, 2.24) is 4.31 Å². The fourth-order valence-electron chi connectivity index (χ4n) is 1.44. The van der Waals surface area contributed by atoms with E-state index in [1.54, 1.807) is 0 Å². The highest BCUT2D eigenvalue weighted by Crippen LogP contribution is 2.14. The molecule has 0 amide bonds. The first-order chi connectivity index (χ1) is 6.06. The van der Waals surface area contributed by atoms with E-state index in [0.29, 0.717) is 25.9 Å². The topological polar surface area (TPSA) is 57.6 Å². The predicted octanol–water partition coefficient (Wildman–Crippen LogP) is 0.183. The molecule has 5 heteroatoms. The summed E-state index contributed by atoms with van der Waals surface area (Å²) in [6.45, 7) is 2.99. The van der Waals surface area contributed by atoms with Gasteiger partial charge in [-0.1, -0.05) is 6.92 Å². The monoisotopic (exact) mass is 207 g/mol. The van der Waals surface area contributed by atoms with Gasteiger partial charge in [0.15, 0.2) is 0 Å². The summed E-state index contributed by atoms with van der Waals surface area (Å²) >= 11 is 0. The lowest BCUT2D eigenvalue weighted by atomic mass is 10.2. The van der Waals surface area contributed by atoms with Crippen LogP contribution in [0.2, 0.25) is 0 Å². The number of rotatable bonds is 4. The lowest BCUT2D eigenvalue weighted by Crippen LogP contribution is -2.29. The number of sulfonamides is 1. The third kappa shape index (κ3) is 2.93. The SMILES string of the molecule is CCC(O)CCN1CCCS1(=O)=O. The molecule has 78 valence electrons. The van der Waals surface area contributed by atoms with Crippen molar-refractivity contribution in [2.45, 2.75) is 32.3 Å². The Kier molecular flexibility index (Phi) is 3.70. The molecule has 1 aliphatic rings. The Balaban J connectivity index is 2.37. The average molecular weight is 207 g/mol. The van der Waals surface area contributed by atoms with Gasteiger partial charge >= 0.3 is 0 Å². The minimum absolute atomic E-state index is 0.273. The average Bonchev–Trinajstić information content (AvgIpc) is 2.41. The van der Waals surface area contributed by atoms with E-state index in [1.807, 2.05) is 6.92 Å². The molecule has 0 radical (unpaired) electrons. The second-order valence-corrected chi connectivity index (χ2v) is 5.51. The Morgan fingerprint density at radius 1 is 1.54 bits per heavy atom. The molecule has 0 saturated carbocycles. The predicted molar refractivity (Wildman–Crippen MR) is 50.9 cm³/mol. The van der Waals surface area contributed by atoms with Gasteiger partial charge in [0, 0.05) is 13.1 Å². The van der Waals surface area contributed by atoms with Gasteiger partial charge in [-0.3, -0.25) is 0 Å². The van der Waals surface area contributed by atoms with E-state index in [2.05, 4.69) is 0 Å². The summed E-state index contributed by atoms with van der Waals surface area (Å²) in [5.41, 5.74) is 0. The van der Waals surface area contributed by atoms with E-state index >= 15 is 0 Å². The Morgan fingerprint density at radius 2 is 2.23 bits per heavy atom. The van der Waals surface area contributed by atoms with Crippen molar-refractivity contribution >= 4 is 10.0 Å². The molecule has 1 N–H and O–H groups in total. The van der Waals surface area contributed by atoms with Gasteiger partial charge in [0.05, 0.1) is 11.9 Å². The Morgan fingerprint density at radius 3 is 2.69 bits per heavy atom. The largest absolute Gasteiger partial charge is 0.393 e. The zero-order chi connectivity index (χ0) is 9.90. The summed E-state index contributed by atoms with van der Waals surface area (Å²) in [5.74, 6) is 0.273. The van der Waals surface area contributed by atoms with Crippen LogP contribution >= 0.6 is 0 Å². The fraction of sp³-hybridized carbons (Fsp3) is 1.00. The van der Waals surface area contributed by atoms with Crippen LogP contribution in [0.3, 0.4) is 0 Å². The van der Waals surface area contributed by atoms with Crippen LogP contribution in [0.25, 0.3) is 0 Å². The maximum Gasteiger partial charge on any atom is 0.214 e. The summed E-state index contributed by atoms with van der Waals surface area (Å²) in [6.07, 6.45) is 1.60. The highest BCUT2D eigenvalue weighted by atomic mass is 32.2. The molecule has 13 heavy (non-hydrogen) atoms. The summed E-state index contributed by atoms with van der Waals surface area (Å²) in [4.78, 5) is 0. The van der Waals surface area contributed by atoms with Crippen molar-refractivity contribution in [3.05, 3.63) is 0 Å². The van der Waals surface area contributed by atoms with Crippen molar-refractivity contribution in [1.29, 1.82) is 0 Å². The number of aliphatic hydroxyl groups is 1. The third-order valence-corrected chi connectivity index (χ3v) is 4.34. The second kappa shape index (κ2) is 4.39. The molecule has 1 saturated heterocycles. The second-order valence-electron chi connectivity index (χ2n) is 3.42. The number of hydrogen-bond donors (Lipinski definition) is 1. The van der Waals surface area contributed by atoms with Gasteiger partial charge in [-0.2, -0.15) is 0 Å². The van der Waals surface area contributed by atoms with Crippen molar-refractivity contribution in [3.8, 4) is 0 Å². The van der Waals surface area contributed by atoms with E-state index in [-0.39, 0.29) is 11.9 Å². The molecule has 0 aromatic carbocycles. The Labute approximate surface area is 79.6 Å². The molecule has 1 rings (SSSR count). The van der Waals surface area contributed by atoms with Crippen LogP contribution in [0.1, 0.15) is 26.2 Å². The van der Waals surface area contributed by atoms with Crippen LogP contribution in [-0.2, 0) is 10.0 Å². The van der Waals surface area contributed by atoms with E-state index in [4.69, 9.17) is 0 Å². The van der Waals surface area contributed by atoms with Gasteiger partial charge in [-0.25, -0.2) is 12.7 Å². The molecule has 0 aliphatic carbocycles. The Bertz CT molecular complexity index is 250. The molecule has 1 atom stereocenters. The van der Waals surface area contributed by atoms with Crippen molar-refractivity contribution in [3.63, 3.8) is 0 Å². The molecule has 0 aromatic heterocycles. The fourth-order valence-corrected chi connectivity index (χ4v) is 2.98. The smallest absolute Gasteiger partial charge is 0.214 e. The number of hydrogen-bond acceptors (Lipinski definition) is 3. The first kappa shape index (κ1) is 10.9. The first-order valence-electron chi connectivity index (χ1n) is 4.72. The zero-order valence-electron chi connectivity index (χ0n) is 7.94. The number of nitrogens with zero attached hydrogens (tertiary/aromatic N) is 1. The molecule has 0 spiro atoms. The van der Waals surface area contributed by atoms with E-state index in [0.717, 1.165) is 6.42 Å². The minimum atomic E-state index is -2.97. The lowest BCUT2D eigenvalue weighted by Gasteiger charge is -2.15. The van der Waals surface area contributed by atoms with Crippen LogP contribution in [0.5, 0.6) is 0 Å². The van der Waals surface area contributed by atoms with Gasteiger partial charge in [-0.15, -0.1) is 0 Å². The van der Waals surface area contributed by atoms with Gasteiger partial charge in [0.25, 0.3) is 0 Å². The normalized spacial score (nSPS) is 24.8. The van der Waals surface area contributed by atoms with E-state index < -0.39 is 10.0 Å². The van der Waals surface area contributed by atoms with Crippen LogP contribution in [0.4, 0.5) is 0 Å². The molecule has 4 nitrogen and oxygen atoms in total. The summed E-state index contributed by atoms with van der Waals surface area (Å²) in [6, 6.07) is 0. The lowest BCUT2D eigenvalue weighted by molar-refractivity contribution is 0.152. The van der Waals surface area contributed by atoms with Crippen molar-refractivity contribution in [2.75, 3.05) is 18.8 Å². The molecular weight excluding hydrogens is 190 g/mol. The minimum Gasteiger partial charge on any atom is -0.393 e. The van der Waals surface area contributed by atoms with Crippen LogP contribution in [0, 0.1) is 0 Å². The first-order valence-corrected chi connectivity index (χ1v) is 6.33. The third-order valence-electron chi connectivity index (χ3n) is 2.39. The molecule has 0 bridgehead atoms. The van der Waals surface area contributed by atoms with E-state index in [9.17, 15) is 13.5 Å². The van der Waals surface area contributed by atoms with Crippen LogP contribution in [0.15, 0.2) is 0 Å². The summed E-state index contributed by atoms with van der Waals surface area (Å²) in [7, 11) is -2.97. The quantitative estimate of drug-likeness (QED) is 0.715. The summed E-state index contributed by atoms with van der Waals surface area (Å²) < 4.78 is 24.1. The number of aliphatic hydroxyl groups excluding tert-OH is 1. The van der Waals surface area contributed by atoms with Crippen molar-refractivity contribution < 1.29 is 13.5 Å². The summed E-state index contributed by atoms with van der Waals surface area (Å²) in [5, 5.41) is 9.27. The molecule has 1 aliphatic heterocycles. The molecule has 0 aromatic rings.